The molecule has 0 aliphatic carbocycles. The van der Waals surface area contributed by atoms with Gasteiger partial charge in [0.15, 0.2) is 0 Å². The van der Waals surface area contributed by atoms with E-state index in [1.54, 1.807) is 6.07 Å². The van der Waals surface area contributed by atoms with Gasteiger partial charge < -0.3 is 14.9 Å². The molecule has 106 valence electrons. The lowest BCUT2D eigenvalue weighted by Crippen LogP contribution is -2.40. The number of carboxylic acid groups (broad SMARTS) is 1. The second-order valence-electron chi connectivity index (χ2n) is 5.22. The molecule has 0 fully saturated rings. The molecule has 0 amide bonds. The van der Waals surface area contributed by atoms with E-state index < -0.39 is 5.97 Å². The zero-order valence-electron chi connectivity index (χ0n) is 12.5. The molecule has 0 radical (unpaired) electrons. The Hall–Kier alpha value is -1.55. The second kappa shape index (κ2) is 6.57. The Morgan fingerprint density at radius 3 is 2.47 bits per heavy atom. The van der Waals surface area contributed by atoms with Crippen LogP contribution in [0.25, 0.3) is 0 Å². The van der Waals surface area contributed by atoms with Crippen molar-refractivity contribution >= 4 is 11.7 Å². The summed E-state index contributed by atoms with van der Waals surface area (Å²) in [5.41, 5.74) is 2.26. The van der Waals surface area contributed by atoms with Gasteiger partial charge in [-0.25, -0.2) is 4.79 Å². The number of benzene rings is 1. The summed E-state index contributed by atoms with van der Waals surface area (Å²) in [5, 5.41) is 9.33. The summed E-state index contributed by atoms with van der Waals surface area (Å²) in [6.07, 6.45) is 0. The third-order valence-electron chi connectivity index (χ3n) is 3.20. The maximum Gasteiger partial charge on any atom is 0.337 e. The Morgan fingerprint density at radius 1 is 1.37 bits per heavy atom. The number of anilines is 1. The molecule has 1 N–H and O–H groups in total. The van der Waals surface area contributed by atoms with E-state index in [1.807, 2.05) is 33.2 Å². The first-order valence-electron chi connectivity index (χ1n) is 6.62. The quantitative estimate of drug-likeness (QED) is 0.857. The Bertz CT molecular complexity index is 444. The first-order valence-corrected chi connectivity index (χ1v) is 6.62. The molecule has 1 aromatic carbocycles. The van der Waals surface area contributed by atoms with Gasteiger partial charge in [0, 0.05) is 19.1 Å². The third kappa shape index (κ3) is 3.96. The van der Waals surface area contributed by atoms with E-state index in [2.05, 4.69) is 23.6 Å². The van der Waals surface area contributed by atoms with E-state index in [4.69, 9.17) is 0 Å². The van der Waals surface area contributed by atoms with Crippen LogP contribution < -0.4 is 4.90 Å². The van der Waals surface area contributed by atoms with Gasteiger partial charge in [-0.05, 0) is 52.6 Å². The normalized spacial score (nSPS) is 12.5. The van der Waals surface area contributed by atoms with Crippen LogP contribution in [0.5, 0.6) is 0 Å². The summed E-state index contributed by atoms with van der Waals surface area (Å²) in [6.45, 7) is 7.84. The first kappa shape index (κ1) is 15.5. The van der Waals surface area contributed by atoms with E-state index in [-0.39, 0.29) is 6.04 Å². The molecule has 0 bridgehead atoms. The SMILES string of the molecule is CCN(c1cc(C)ccc1C(=O)O)C(C)CN(C)C. The van der Waals surface area contributed by atoms with Gasteiger partial charge in [0.1, 0.15) is 0 Å². The molecule has 1 atom stereocenters. The summed E-state index contributed by atoms with van der Waals surface area (Å²) in [6, 6.07) is 5.76. The Morgan fingerprint density at radius 2 is 2.00 bits per heavy atom. The van der Waals surface area contributed by atoms with Gasteiger partial charge in [-0.1, -0.05) is 6.07 Å². The second-order valence-corrected chi connectivity index (χ2v) is 5.22. The molecule has 0 saturated carbocycles. The van der Waals surface area contributed by atoms with Gasteiger partial charge in [0.2, 0.25) is 0 Å². The summed E-state index contributed by atoms with van der Waals surface area (Å²) >= 11 is 0. The van der Waals surface area contributed by atoms with Crippen LogP contribution in [0.2, 0.25) is 0 Å². The van der Waals surface area contributed by atoms with Crippen LogP contribution in [-0.2, 0) is 0 Å². The highest BCUT2D eigenvalue weighted by atomic mass is 16.4. The maximum absolute atomic E-state index is 11.4. The smallest absolute Gasteiger partial charge is 0.337 e. The monoisotopic (exact) mass is 264 g/mol. The number of rotatable bonds is 6. The Kier molecular flexibility index (Phi) is 5.36. The van der Waals surface area contributed by atoms with Crippen molar-refractivity contribution < 1.29 is 9.90 Å². The molecule has 19 heavy (non-hydrogen) atoms. The minimum Gasteiger partial charge on any atom is -0.478 e. The van der Waals surface area contributed by atoms with E-state index in [9.17, 15) is 9.90 Å². The highest BCUT2D eigenvalue weighted by Crippen LogP contribution is 2.24. The summed E-state index contributed by atoms with van der Waals surface area (Å²) < 4.78 is 0. The molecule has 0 spiro atoms. The fourth-order valence-electron chi connectivity index (χ4n) is 2.41. The molecule has 0 saturated heterocycles. The van der Waals surface area contributed by atoms with Crippen LogP contribution in [0, 0.1) is 6.92 Å². The molecule has 1 rings (SSSR count). The molecule has 0 aliphatic rings. The molecule has 4 nitrogen and oxygen atoms in total. The summed E-state index contributed by atoms with van der Waals surface area (Å²) in [5.74, 6) is -0.870. The van der Waals surface area contributed by atoms with Gasteiger partial charge in [-0.2, -0.15) is 0 Å². The molecule has 4 heteroatoms. The number of hydrogen-bond donors (Lipinski definition) is 1. The van der Waals surface area contributed by atoms with Crippen LogP contribution >= 0.6 is 0 Å². The fourth-order valence-corrected chi connectivity index (χ4v) is 2.41. The highest BCUT2D eigenvalue weighted by Gasteiger charge is 2.19. The summed E-state index contributed by atoms with van der Waals surface area (Å²) in [7, 11) is 4.05. The predicted molar refractivity (Wildman–Crippen MR) is 79.2 cm³/mol. The highest BCUT2D eigenvalue weighted by molar-refractivity contribution is 5.94. The van der Waals surface area contributed by atoms with Crippen molar-refractivity contribution in [3.8, 4) is 0 Å². The van der Waals surface area contributed by atoms with Crippen molar-refractivity contribution in [3.63, 3.8) is 0 Å². The molecular formula is C15H24N2O2. The van der Waals surface area contributed by atoms with Gasteiger partial charge >= 0.3 is 5.97 Å². The topological polar surface area (TPSA) is 43.8 Å². The minimum absolute atomic E-state index is 0.264. The number of carboxylic acids is 1. The fraction of sp³-hybridized carbons (Fsp3) is 0.533. The van der Waals surface area contributed by atoms with E-state index in [0.717, 1.165) is 24.3 Å². The maximum atomic E-state index is 11.4. The number of nitrogens with zero attached hydrogens (tertiary/aromatic N) is 2. The van der Waals surface area contributed by atoms with Gasteiger partial charge in [0.25, 0.3) is 0 Å². The van der Waals surface area contributed by atoms with Gasteiger partial charge in [-0.15, -0.1) is 0 Å². The molecule has 1 aromatic rings. The predicted octanol–water partition coefficient (Wildman–Crippen LogP) is 2.47. The summed E-state index contributed by atoms with van der Waals surface area (Å²) in [4.78, 5) is 15.6. The standard InChI is InChI=1S/C15H24N2O2/c1-6-17(12(3)10-16(4)5)14-9-11(2)7-8-13(14)15(18)19/h7-9,12H,6,10H2,1-5H3,(H,18,19). The molecular weight excluding hydrogens is 240 g/mol. The number of aromatic carboxylic acids is 1. The Labute approximate surface area is 115 Å². The number of aryl methyl sites for hydroxylation is 1. The molecule has 0 heterocycles. The van der Waals surface area contributed by atoms with Crippen LogP contribution in [0.4, 0.5) is 5.69 Å². The van der Waals surface area contributed by atoms with Crippen molar-refractivity contribution in [2.45, 2.75) is 26.8 Å². The zero-order valence-corrected chi connectivity index (χ0v) is 12.5. The first-order chi connectivity index (χ1) is 8.86. The lowest BCUT2D eigenvalue weighted by Gasteiger charge is -2.33. The van der Waals surface area contributed by atoms with Crippen molar-refractivity contribution in [2.24, 2.45) is 0 Å². The lowest BCUT2D eigenvalue weighted by molar-refractivity contribution is 0.0697. The van der Waals surface area contributed by atoms with Crippen LogP contribution in [-0.4, -0.2) is 49.2 Å². The molecule has 1 unspecified atom stereocenters. The molecule has 0 aliphatic heterocycles. The average Bonchev–Trinajstić information content (AvgIpc) is 2.28. The minimum atomic E-state index is -0.870. The van der Waals surface area contributed by atoms with Crippen molar-refractivity contribution in [1.29, 1.82) is 0 Å². The van der Waals surface area contributed by atoms with Crippen LogP contribution in [0.1, 0.15) is 29.8 Å². The van der Waals surface area contributed by atoms with Crippen molar-refractivity contribution in [2.75, 3.05) is 32.1 Å². The van der Waals surface area contributed by atoms with Crippen LogP contribution in [0.15, 0.2) is 18.2 Å². The lowest BCUT2D eigenvalue weighted by atomic mass is 10.1. The zero-order chi connectivity index (χ0) is 14.6. The third-order valence-corrected chi connectivity index (χ3v) is 3.20. The van der Waals surface area contributed by atoms with Crippen molar-refractivity contribution in [3.05, 3.63) is 29.3 Å². The van der Waals surface area contributed by atoms with Gasteiger partial charge in [-0.3, -0.25) is 0 Å². The largest absolute Gasteiger partial charge is 0.478 e. The average molecular weight is 264 g/mol. The Balaban J connectivity index is 3.16. The van der Waals surface area contributed by atoms with E-state index in [0.29, 0.717) is 5.56 Å². The van der Waals surface area contributed by atoms with Crippen molar-refractivity contribution in [1.82, 2.24) is 4.90 Å². The van der Waals surface area contributed by atoms with E-state index in [1.165, 1.54) is 0 Å². The number of carbonyl (C=O) groups is 1. The number of hydrogen-bond acceptors (Lipinski definition) is 3. The number of likely N-dealkylation sites (N-methyl/N-ethyl adjacent to an activating group) is 2. The molecule has 0 aromatic heterocycles. The van der Waals surface area contributed by atoms with E-state index >= 15 is 0 Å². The van der Waals surface area contributed by atoms with Gasteiger partial charge in [0.05, 0.1) is 11.3 Å². The van der Waals surface area contributed by atoms with Crippen LogP contribution in [0.3, 0.4) is 0 Å².